The van der Waals surface area contributed by atoms with E-state index in [2.05, 4.69) is 17.4 Å². The molecule has 0 unspecified atom stereocenters. The van der Waals surface area contributed by atoms with E-state index in [-0.39, 0.29) is 16.4 Å². The average molecular weight is 174 g/mol. The molecule has 0 bridgehead atoms. The van der Waals surface area contributed by atoms with Gasteiger partial charge < -0.3 is 9.84 Å². The fourth-order valence-electron chi connectivity index (χ4n) is 0.689. The van der Waals surface area contributed by atoms with E-state index in [1.54, 1.807) is 0 Å². The predicted octanol–water partition coefficient (Wildman–Crippen LogP) is 1.83. The molecule has 1 aromatic rings. The summed E-state index contributed by atoms with van der Waals surface area (Å²) in [6, 6.07) is 2.27. The smallest absolute Gasteiger partial charge is 0.166 e. The molecular formula is C7H7FO2S. The minimum absolute atomic E-state index is 0.0142. The van der Waals surface area contributed by atoms with Crippen molar-refractivity contribution in [2.24, 2.45) is 0 Å². The molecule has 0 aliphatic rings. The van der Waals surface area contributed by atoms with Crippen molar-refractivity contribution in [3.8, 4) is 11.5 Å². The molecule has 0 heterocycles. The standard InChI is InChI=1S/C7H7FO2S/c1-10-6-3-5(9)7(11)2-4(6)8/h2-3,9,11H,1H3. The Morgan fingerprint density at radius 3 is 2.73 bits per heavy atom. The summed E-state index contributed by atoms with van der Waals surface area (Å²) in [5.41, 5.74) is 0. The van der Waals surface area contributed by atoms with Crippen molar-refractivity contribution in [3.63, 3.8) is 0 Å². The maximum absolute atomic E-state index is 12.7. The Morgan fingerprint density at radius 2 is 2.18 bits per heavy atom. The number of halogens is 1. The molecule has 0 saturated heterocycles. The minimum atomic E-state index is -0.532. The molecule has 60 valence electrons. The van der Waals surface area contributed by atoms with Crippen LogP contribution in [0.4, 0.5) is 4.39 Å². The van der Waals surface area contributed by atoms with Gasteiger partial charge in [-0.1, -0.05) is 0 Å². The van der Waals surface area contributed by atoms with Gasteiger partial charge in [-0.2, -0.15) is 0 Å². The van der Waals surface area contributed by atoms with Crippen molar-refractivity contribution in [1.29, 1.82) is 0 Å². The molecule has 1 aromatic carbocycles. The summed E-state index contributed by atoms with van der Waals surface area (Å²) in [5, 5.41) is 9.03. The van der Waals surface area contributed by atoms with E-state index >= 15 is 0 Å². The summed E-state index contributed by atoms with van der Waals surface area (Å²) < 4.78 is 17.4. The molecule has 0 saturated carbocycles. The van der Waals surface area contributed by atoms with Crippen LogP contribution in [0.5, 0.6) is 11.5 Å². The zero-order valence-electron chi connectivity index (χ0n) is 5.84. The first-order chi connectivity index (χ1) is 5.15. The largest absolute Gasteiger partial charge is 0.507 e. The normalized spacial score (nSPS) is 9.73. The van der Waals surface area contributed by atoms with Crippen molar-refractivity contribution in [2.75, 3.05) is 7.11 Å². The molecule has 0 aromatic heterocycles. The number of thiol groups is 1. The predicted molar refractivity (Wildman–Crippen MR) is 41.9 cm³/mol. The second-order valence-corrected chi connectivity index (χ2v) is 2.46. The highest BCUT2D eigenvalue weighted by Crippen LogP contribution is 2.28. The Labute approximate surface area is 69.0 Å². The third-order valence-electron chi connectivity index (χ3n) is 1.25. The molecular weight excluding hydrogens is 167 g/mol. The van der Waals surface area contributed by atoms with Crippen LogP contribution in [0.2, 0.25) is 0 Å². The molecule has 0 atom stereocenters. The molecule has 0 radical (unpaired) electrons. The highest BCUT2D eigenvalue weighted by molar-refractivity contribution is 7.80. The van der Waals surface area contributed by atoms with Gasteiger partial charge in [0, 0.05) is 11.0 Å². The number of hydrogen-bond donors (Lipinski definition) is 2. The van der Waals surface area contributed by atoms with Crippen molar-refractivity contribution >= 4 is 12.6 Å². The fraction of sp³-hybridized carbons (Fsp3) is 0.143. The Bertz CT molecular complexity index is 275. The number of hydrogen-bond acceptors (Lipinski definition) is 3. The third-order valence-corrected chi connectivity index (χ3v) is 1.61. The van der Waals surface area contributed by atoms with Crippen LogP contribution >= 0.6 is 12.6 Å². The van der Waals surface area contributed by atoms with Gasteiger partial charge in [0.05, 0.1) is 7.11 Å². The lowest BCUT2D eigenvalue weighted by Crippen LogP contribution is -1.87. The van der Waals surface area contributed by atoms with Crippen molar-refractivity contribution < 1.29 is 14.2 Å². The van der Waals surface area contributed by atoms with E-state index in [0.29, 0.717) is 0 Å². The zero-order valence-corrected chi connectivity index (χ0v) is 6.73. The van der Waals surface area contributed by atoms with Gasteiger partial charge in [-0.25, -0.2) is 4.39 Å². The van der Waals surface area contributed by atoms with E-state index in [0.717, 1.165) is 6.07 Å². The van der Waals surface area contributed by atoms with Crippen molar-refractivity contribution in [1.82, 2.24) is 0 Å². The van der Waals surface area contributed by atoms with E-state index in [1.807, 2.05) is 0 Å². The summed E-state index contributed by atoms with van der Waals surface area (Å²) >= 11 is 3.81. The highest BCUT2D eigenvalue weighted by Gasteiger charge is 2.05. The lowest BCUT2D eigenvalue weighted by atomic mass is 10.3. The van der Waals surface area contributed by atoms with Crippen LogP contribution in [0, 0.1) is 5.82 Å². The highest BCUT2D eigenvalue weighted by atomic mass is 32.1. The number of phenolic OH excluding ortho intramolecular Hbond substituents is 1. The molecule has 1 N–H and O–H groups in total. The molecule has 0 aliphatic carbocycles. The molecule has 0 aliphatic heterocycles. The van der Waals surface area contributed by atoms with Gasteiger partial charge in [-0.05, 0) is 6.07 Å². The van der Waals surface area contributed by atoms with Crippen molar-refractivity contribution in [3.05, 3.63) is 17.9 Å². The lowest BCUT2D eigenvalue weighted by molar-refractivity contribution is 0.377. The number of benzene rings is 1. The monoisotopic (exact) mass is 174 g/mol. The Hall–Kier alpha value is -0.900. The van der Waals surface area contributed by atoms with E-state index in [9.17, 15) is 4.39 Å². The molecule has 4 heteroatoms. The average Bonchev–Trinajstić information content (AvgIpc) is 1.97. The summed E-state index contributed by atoms with van der Waals surface area (Å²) in [6.45, 7) is 0. The fourth-order valence-corrected chi connectivity index (χ4v) is 0.866. The molecule has 0 amide bonds. The summed E-state index contributed by atoms with van der Waals surface area (Å²) in [6.07, 6.45) is 0. The first kappa shape index (κ1) is 8.20. The maximum atomic E-state index is 12.7. The van der Waals surface area contributed by atoms with Crippen LogP contribution in [0.25, 0.3) is 0 Å². The van der Waals surface area contributed by atoms with Gasteiger partial charge >= 0.3 is 0 Å². The lowest BCUT2D eigenvalue weighted by Gasteiger charge is -2.03. The van der Waals surface area contributed by atoms with Crippen LogP contribution in [-0.2, 0) is 0 Å². The van der Waals surface area contributed by atoms with E-state index in [4.69, 9.17) is 5.11 Å². The summed E-state index contributed by atoms with van der Waals surface area (Å²) in [7, 11) is 1.33. The maximum Gasteiger partial charge on any atom is 0.166 e. The minimum Gasteiger partial charge on any atom is -0.507 e. The van der Waals surface area contributed by atoms with Crippen LogP contribution in [0.15, 0.2) is 17.0 Å². The SMILES string of the molecule is COc1cc(O)c(S)cc1F. The number of methoxy groups -OCH3 is 1. The van der Waals surface area contributed by atoms with Gasteiger partial charge in [-0.3, -0.25) is 0 Å². The first-order valence-electron chi connectivity index (χ1n) is 2.90. The molecule has 0 spiro atoms. The second kappa shape index (κ2) is 3.00. The van der Waals surface area contributed by atoms with Crippen LogP contribution < -0.4 is 4.74 Å². The van der Waals surface area contributed by atoms with Gasteiger partial charge in [-0.15, -0.1) is 12.6 Å². The van der Waals surface area contributed by atoms with Crippen LogP contribution in [0.1, 0.15) is 0 Å². The Balaban J connectivity index is 3.21. The second-order valence-electron chi connectivity index (χ2n) is 1.98. The molecule has 2 nitrogen and oxygen atoms in total. The zero-order chi connectivity index (χ0) is 8.43. The van der Waals surface area contributed by atoms with Gasteiger partial charge in [0.15, 0.2) is 11.6 Å². The number of phenols is 1. The first-order valence-corrected chi connectivity index (χ1v) is 3.35. The van der Waals surface area contributed by atoms with Crippen LogP contribution in [0.3, 0.4) is 0 Å². The van der Waals surface area contributed by atoms with Gasteiger partial charge in [0.1, 0.15) is 5.75 Å². The number of aromatic hydroxyl groups is 1. The van der Waals surface area contributed by atoms with Gasteiger partial charge in [0.25, 0.3) is 0 Å². The van der Waals surface area contributed by atoms with E-state index in [1.165, 1.54) is 13.2 Å². The Kier molecular flexibility index (Phi) is 2.24. The molecule has 1 rings (SSSR count). The third kappa shape index (κ3) is 1.57. The molecule has 11 heavy (non-hydrogen) atoms. The summed E-state index contributed by atoms with van der Waals surface area (Å²) in [5.74, 6) is -0.609. The topological polar surface area (TPSA) is 29.5 Å². The molecule has 0 fully saturated rings. The van der Waals surface area contributed by atoms with Crippen LogP contribution in [-0.4, -0.2) is 12.2 Å². The summed E-state index contributed by atoms with van der Waals surface area (Å²) in [4.78, 5) is 0.198. The van der Waals surface area contributed by atoms with Crippen molar-refractivity contribution in [2.45, 2.75) is 4.90 Å². The number of rotatable bonds is 1. The van der Waals surface area contributed by atoms with Gasteiger partial charge in [0.2, 0.25) is 0 Å². The Morgan fingerprint density at radius 1 is 1.55 bits per heavy atom. The number of ether oxygens (including phenoxy) is 1. The van der Waals surface area contributed by atoms with E-state index < -0.39 is 5.82 Å². The quantitative estimate of drug-likeness (QED) is 0.636.